The first kappa shape index (κ1) is 14.9. The lowest BCUT2D eigenvalue weighted by Gasteiger charge is -2.50. The van der Waals surface area contributed by atoms with E-state index in [9.17, 15) is 8.42 Å². The summed E-state index contributed by atoms with van der Waals surface area (Å²) in [5, 5.41) is 0. The van der Waals surface area contributed by atoms with Gasteiger partial charge >= 0.3 is 0 Å². The minimum atomic E-state index is -3.45. The molecule has 5 nitrogen and oxygen atoms in total. The number of thiophene rings is 1. The quantitative estimate of drug-likeness (QED) is 0.859. The molecule has 1 saturated carbocycles. The van der Waals surface area contributed by atoms with Crippen molar-refractivity contribution in [2.24, 2.45) is 11.1 Å². The van der Waals surface area contributed by atoms with Gasteiger partial charge in [0.25, 0.3) is 0 Å². The van der Waals surface area contributed by atoms with Crippen LogP contribution in [0.1, 0.15) is 25.1 Å². The molecular formula is C12H20N2O3S2. The van der Waals surface area contributed by atoms with E-state index in [0.29, 0.717) is 17.2 Å². The molecule has 2 atom stereocenters. The number of nitrogens with one attached hydrogen (secondary N) is 1. The number of ether oxygens (including phenoxy) is 1. The Hall–Kier alpha value is -0.470. The summed E-state index contributed by atoms with van der Waals surface area (Å²) >= 11 is 1.22. The number of rotatable bonds is 5. The van der Waals surface area contributed by atoms with E-state index >= 15 is 0 Å². The van der Waals surface area contributed by atoms with Crippen LogP contribution >= 0.6 is 11.3 Å². The molecule has 1 heterocycles. The number of hydrogen-bond acceptors (Lipinski definition) is 5. The maximum atomic E-state index is 12.3. The van der Waals surface area contributed by atoms with Gasteiger partial charge in [0, 0.05) is 30.0 Å². The molecule has 1 aliphatic rings. The number of hydrogen-bond donors (Lipinski definition) is 2. The Morgan fingerprint density at radius 3 is 2.68 bits per heavy atom. The lowest BCUT2D eigenvalue weighted by molar-refractivity contribution is -0.0908. The van der Waals surface area contributed by atoms with E-state index < -0.39 is 10.0 Å². The Morgan fingerprint density at radius 2 is 2.21 bits per heavy atom. The summed E-state index contributed by atoms with van der Waals surface area (Å²) in [4.78, 5) is 0.864. The van der Waals surface area contributed by atoms with Crippen LogP contribution in [-0.4, -0.2) is 27.7 Å². The zero-order valence-corrected chi connectivity index (χ0v) is 13.0. The van der Waals surface area contributed by atoms with Crippen LogP contribution in [0.4, 0.5) is 0 Å². The Bertz CT molecular complexity index is 551. The molecule has 1 fully saturated rings. The molecule has 7 heteroatoms. The standard InChI is InChI=1S/C12H20N2O3S2/c1-12(2)9(6-10(12)17-3)14-19(15,16)11-5-4-8(7-13)18-11/h4-5,9-10,14H,6-7,13H2,1-3H3. The first-order valence-corrected chi connectivity index (χ1v) is 8.45. The highest BCUT2D eigenvalue weighted by Gasteiger charge is 2.50. The fraction of sp³-hybridized carbons (Fsp3) is 0.667. The minimum absolute atomic E-state index is 0.0918. The van der Waals surface area contributed by atoms with E-state index in [1.165, 1.54) is 11.3 Å². The lowest BCUT2D eigenvalue weighted by Crippen LogP contribution is -2.61. The van der Waals surface area contributed by atoms with Crippen molar-refractivity contribution in [3.8, 4) is 0 Å². The van der Waals surface area contributed by atoms with Gasteiger partial charge in [0.1, 0.15) is 4.21 Å². The Labute approximate surface area is 118 Å². The molecule has 0 spiro atoms. The van der Waals surface area contributed by atoms with Gasteiger partial charge in [0.15, 0.2) is 0 Å². The predicted octanol–water partition coefficient (Wildman–Crippen LogP) is 1.30. The van der Waals surface area contributed by atoms with E-state index in [4.69, 9.17) is 10.5 Å². The van der Waals surface area contributed by atoms with Crippen molar-refractivity contribution in [2.45, 2.75) is 43.2 Å². The minimum Gasteiger partial charge on any atom is -0.381 e. The number of sulfonamides is 1. The van der Waals surface area contributed by atoms with Gasteiger partial charge in [-0.05, 0) is 18.6 Å². The highest BCUT2D eigenvalue weighted by atomic mass is 32.2. The first-order valence-electron chi connectivity index (χ1n) is 6.15. The maximum absolute atomic E-state index is 12.3. The van der Waals surface area contributed by atoms with Crippen molar-refractivity contribution in [1.29, 1.82) is 0 Å². The van der Waals surface area contributed by atoms with Gasteiger partial charge in [-0.25, -0.2) is 13.1 Å². The summed E-state index contributed by atoms with van der Waals surface area (Å²) in [7, 11) is -1.80. The predicted molar refractivity (Wildman–Crippen MR) is 75.5 cm³/mol. The summed E-state index contributed by atoms with van der Waals surface area (Å²) < 4.78 is 32.9. The van der Waals surface area contributed by atoms with Crippen molar-refractivity contribution < 1.29 is 13.2 Å². The third-order valence-electron chi connectivity index (χ3n) is 3.86. The molecule has 3 N–H and O–H groups in total. The van der Waals surface area contributed by atoms with E-state index in [2.05, 4.69) is 4.72 Å². The van der Waals surface area contributed by atoms with Crippen molar-refractivity contribution in [2.75, 3.05) is 7.11 Å². The summed E-state index contributed by atoms with van der Waals surface area (Å²) in [6.45, 7) is 4.38. The van der Waals surface area contributed by atoms with Gasteiger partial charge in [-0.15, -0.1) is 11.3 Å². The summed E-state index contributed by atoms with van der Waals surface area (Å²) in [5.41, 5.74) is 5.32. The average Bonchev–Trinajstić information content (AvgIpc) is 2.83. The number of methoxy groups -OCH3 is 1. The van der Waals surface area contributed by atoms with Crippen LogP contribution in [0.5, 0.6) is 0 Å². The zero-order valence-electron chi connectivity index (χ0n) is 11.3. The molecule has 108 valence electrons. The molecule has 1 aliphatic carbocycles. The molecule has 0 bridgehead atoms. The third kappa shape index (κ3) is 2.71. The zero-order chi connectivity index (χ0) is 14.3. The van der Waals surface area contributed by atoms with Crippen LogP contribution in [0.2, 0.25) is 0 Å². The summed E-state index contributed by atoms with van der Waals surface area (Å²) in [5.74, 6) is 0. The highest BCUT2D eigenvalue weighted by molar-refractivity contribution is 7.91. The van der Waals surface area contributed by atoms with Gasteiger partial charge in [0.05, 0.1) is 6.10 Å². The van der Waals surface area contributed by atoms with Crippen molar-refractivity contribution >= 4 is 21.4 Å². The van der Waals surface area contributed by atoms with Crippen LogP contribution in [0, 0.1) is 5.41 Å². The first-order chi connectivity index (χ1) is 8.81. The van der Waals surface area contributed by atoms with Crippen LogP contribution in [0.3, 0.4) is 0 Å². The molecule has 2 rings (SSSR count). The molecular weight excluding hydrogens is 284 g/mol. The second-order valence-corrected chi connectivity index (χ2v) is 8.49. The molecule has 0 aromatic carbocycles. The van der Waals surface area contributed by atoms with E-state index in [1.54, 1.807) is 19.2 Å². The topological polar surface area (TPSA) is 81.4 Å². The van der Waals surface area contributed by atoms with Gasteiger partial charge < -0.3 is 10.5 Å². The van der Waals surface area contributed by atoms with Crippen LogP contribution < -0.4 is 10.5 Å². The third-order valence-corrected chi connectivity index (χ3v) is 6.93. The van der Waals surface area contributed by atoms with Gasteiger partial charge in [-0.2, -0.15) is 0 Å². The highest BCUT2D eigenvalue weighted by Crippen LogP contribution is 2.43. The van der Waals surface area contributed by atoms with Crippen molar-refractivity contribution in [3.05, 3.63) is 17.0 Å². The molecule has 1 aromatic heterocycles. The van der Waals surface area contributed by atoms with Gasteiger partial charge in [-0.1, -0.05) is 13.8 Å². The Balaban J connectivity index is 2.11. The Kier molecular flexibility index (Phi) is 4.04. The van der Waals surface area contributed by atoms with Crippen molar-refractivity contribution in [3.63, 3.8) is 0 Å². The molecule has 0 amide bonds. The second-order valence-electron chi connectivity index (χ2n) is 5.38. The smallest absolute Gasteiger partial charge is 0.250 e. The second kappa shape index (κ2) is 5.14. The number of nitrogens with two attached hydrogens (primary N) is 1. The largest absolute Gasteiger partial charge is 0.381 e. The molecule has 0 radical (unpaired) electrons. The summed E-state index contributed by atoms with van der Waals surface area (Å²) in [6, 6.07) is 3.27. The molecule has 19 heavy (non-hydrogen) atoms. The monoisotopic (exact) mass is 304 g/mol. The fourth-order valence-electron chi connectivity index (χ4n) is 2.34. The summed E-state index contributed by atoms with van der Waals surface area (Å²) in [6.07, 6.45) is 0.806. The van der Waals surface area contributed by atoms with E-state index in [-0.39, 0.29) is 17.6 Å². The van der Waals surface area contributed by atoms with E-state index in [0.717, 1.165) is 4.88 Å². The Morgan fingerprint density at radius 1 is 1.53 bits per heavy atom. The lowest BCUT2D eigenvalue weighted by atomic mass is 9.65. The maximum Gasteiger partial charge on any atom is 0.250 e. The van der Waals surface area contributed by atoms with E-state index in [1.807, 2.05) is 13.8 Å². The normalized spacial score (nSPS) is 26.1. The van der Waals surface area contributed by atoms with Crippen molar-refractivity contribution in [1.82, 2.24) is 4.72 Å². The van der Waals surface area contributed by atoms with Crippen LogP contribution in [-0.2, 0) is 21.3 Å². The molecule has 0 saturated heterocycles. The van der Waals surface area contributed by atoms with Gasteiger partial charge in [-0.3, -0.25) is 0 Å². The van der Waals surface area contributed by atoms with Crippen LogP contribution in [0.25, 0.3) is 0 Å². The molecule has 2 unspecified atom stereocenters. The molecule has 0 aliphatic heterocycles. The van der Waals surface area contributed by atoms with Crippen LogP contribution in [0.15, 0.2) is 16.3 Å². The fourth-order valence-corrected chi connectivity index (χ4v) is 5.00. The van der Waals surface area contributed by atoms with Gasteiger partial charge in [0.2, 0.25) is 10.0 Å². The molecule has 1 aromatic rings. The average molecular weight is 304 g/mol. The SMILES string of the molecule is COC1CC(NS(=O)(=O)c2ccc(CN)s2)C1(C)C.